The van der Waals surface area contributed by atoms with Gasteiger partial charge in [0, 0.05) is 0 Å². The average molecular weight is 163 g/mol. The molecule has 0 bridgehead atoms. The van der Waals surface area contributed by atoms with Crippen LogP contribution in [0, 0.1) is 0 Å². The summed E-state index contributed by atoms with van der Waals surface area (Å²) in [5, 5.41) is 1.86. The van der Waals surface area contributed by atoms with Crippen LogP contribution in [0.15, 0.2) is 16.2 Å². The molecule has 0 amide bonds. The quantitative estimate of drug-likeness (QED) is 0.580. The van der Waals surface area contributed by atoms with Crippen molar-refractivity contribution in [2.45, 2.75) is 26.8 Å². The van der Waals surface area contributed by atoms with Crippen molar-refractivity contribution in [1.29, 1.82) is 0 Å². The second-order valence-corrected chi connectivity index (χ2v) is 2.54. The van der Waals surface area contributed by atoms with Crippen LogP contribution in [-0.2, 0) is 17.2 Å². The molecule has 0 aromatic carbocycles. The summed E-state index contributed by atoms with van der Waals surface area (Å²) in [6.45, 7) is 9.86. The van der Waals surface area contributed by atoms with Crippen LogP contribution in [0.4, 0.5) is 0 Å². The Hall–Kier alpha value is -0.0756. The summed E-state index contributed by atoms with van der Waals surface area (Å²) in [5.41, 5.74) is 0.977. The van der Waals surface area contributed by atoms with Gasteiger partial charge in [-0.2, -0.15) is 0 Å². The maximum atomic E-state index is 3.96. The van der Waals surface area contributed by atoms with Crippen molar-refractivity contribution < 1.29 is 17.2 Å². The molecule has 2 nitrogen and oxygen atoms in total. The third-order valence-electron chi connectivity index (χ3n) is 0.977. The van der Waals surface area contributed by atoms with E-state index in [1.807, 2.05) is 11.9 Å². The normalized spacial score (nSPS) is 9.22. The Morgan fingerprint density at radius 1 is 1.67 bits per heavy atom. The molecule has 3 heteroatoms. The van der Waals surface area contributed by atoms with Crippen molar-refractivity contribution in [3.63, 3.8) is 0 Å². The fourth-order valence-corrected chi connectivity index (χ4v) is 1.18. The van der Waals surface area contributed by atoms with Crippen LogP contribution in [-0.4, -0.2) is 11.1 Å². The molecule has 0 radical (unpaired) electrons. The summed E-state index contributed by atoms with van der Waals surface area (Å²) in [5.74, 6) is 0. The monoisotopic (exact) mass is 163 g/mol. The Kier molecular flexibility index (Phi) is 3.83. The summed E-state index contributed by atoms with van der Waals surface area (Å²) in [4.78, 5) is 0. The molecule has 0 aromatic heterocycles. The van der Waals surface area contributed by atoms with Gasteiger partial charge in [-0.05, 0) is 0 Å². The van der Waals surface area contributed by atoms with Gasteiger partial charge in [0.05, 0.1) is 0 Å². The maximum absolute atomic E-state index is 3.96. The molecule has 0 rings (SSSR count). The van der Waals surface area contributed by atoms with Crippen LogP contribution in [0.3, 0.4) is 0 Å². The molecule has 0 aromatic rings. The van der Waals surface area contributed by atoms with E-state index < -0.39 is 0 Å². The van der Waals surface area contributed by atoms with Crippen LogP contribution in [0.25, 0.3) is 0 Å². The molecule has 0 heterocycles. The Morgan fingerprint density at radius 3 is 2.11 bits per heavy atom. The van der Waals surface area contributed by atoms with Gasteiger partial charge in [-0.15, -0.1) is 0 Å². The second-order valence-electron chi connectivity index (χ2n) is 2.26. The molecule has 0 aliphatic carbocycles. The fourth-order valence-electron chi connectivity index (χ4n) is 0.620. The number of allylic oxidation sites excluding steroid dienone is 1. The molecule has 0 aliphatic rings. The minimum atomic E-state index is 0.408. The summed E-state index contributed by atoms with van der Waals surface area (Å²) < 4.78 is 3.96. The van der Waals surface area contributed by atoms with Crippen molar-refractivity contribution in [3.05, 3.63) is 12.3 Å². The number of rotatable bonds is 3. The van der Waals surface area contributed by atoms with Gasteiger partial charge in [0.25, 0.3) is 0 Å². The third kappa shape index (κ3) is 2.82. The summed E-state index contributed by atoms with van der Waals surface area (Å²) in [7, 11) is 0. The summed E-state index contributed by atoms with van der Waals surface area (Å²) >= 11 is 2.18. The number of hydrogen-bond acceptors (Lipinski definition) is 2. The standard InChI is InChI=1S/C6H12N2.V/c1-5(2)8(7)6(3)4;/h6H,1H2,2-4H3;. The van der Waals surface area contributed by atoms with Gasteiger partial charge >= 0.3 is 65.2 Å². The van der Waals surface area contributed by atoms with Gasteiger partial charge < -0.3 is 0 Å². The SMILES string of the molecule is C=C(C)N([N]=[V])C(C)C. The molecule has 0 fully saturated rings. The van der Waals surface area contributed by atoms with E-state index in [2.05, 4.69) is 41.6 Å². The van der Waals surface area contributed by atoms with E-state index in [1.54, 1.807) is 0 Å². The summed E-state index contributed by atoms with van der Waals surface area (Å²) in [6, 6.07) is 0.408. The van der Waals surface area contributed by atoms with Crippen molar-refractivity contribution in [2.24, 2.45) is 3.90 Å². The van der Waals surface area contributed by atoms with E-state index in [0.717, 1.165) is 5.70 Å². The first kappa shape index (κ1) is 8.92. The zero-order chi connectivity index (χ0) is 7.44. The van der Waals surface area contributed by atoms with Crippen molar-refractivity contribution in [1.82, 2.24) is 5.01 Å². The van der Waals surface area contributed by atoms with Crippen LogP contribution in [0.2, 0.25) is 0 Å². The van der Waals surface area contributed by atoms with Crippen LogP contribution in [0.1, 0.15) is 20.8 Å². The zero-order valence-corrected chi connectivity index (χ0v) is 7.52. The summed E-state index contributed by atoms with van der Waals surface area (Å²) in [6.07, 6.45) is 0. The Morgan fingerprint density at radius 2 is 2.11 bits per heavy atom. The van der Waals surface area contributed by atoms with E-state index >= 15 is 0 Å². The van der Waals surface area contributed by atoms with Crippen molar-refractivity contribution in [2.75, 3.05) is 0 Å². The average Bonchev–Trinajstić information content (AvgIpc) is 1.64. The molecule has 9 heavy (non-hydrogen) atoms. The van der Waals surface area contributed by atoms with E-state index in [-0.39, 0.29) is 0 Å². The Bertz CT molecular complexity index is 120. The van der Waals surface area contributed by atoms with E-state index in [9.17, 15) is 0 Å². The predicted molar refractivity (Wildman–Crippen MR) is 34.2 cm³/mol. The minimum absolute atomic E-state index is 0.408. The topological polar surface area (TPSA) is 15.6 Å². The van der Waals surface area contributed by atoms with Gasteiger partial charge in [0.15, 0.2) is 0 Å². The fraction of sp³-hybridized carbons (Fsp3) is 0.667. The van der Waals surface area contributed by atoms with Crippen molar-refractivity contribution in [3.8, 4) is 0 Å². The van der Waals surface area contributed by atoms with Gasteiger partial charge in [0.1, 0.15) is 0 Å². The molecule has 0 spiro atoms. The van der Waals surface area contributed by atoms with Crippen LogP contribution in [0.5, 0.6) is 0 Å². The van der Waals surface area contributed by atoms with E-state index in [1.165, 1.54) is 0 Å². The molecule has 0 saturated heterocycles. The molecule has 0 N–H and O–H groups in total. The van der Waals surface area contributed by atoms with Gasteiger partial charge in [0.2, 0.25) is 0 Å². The first-order valence-corrected chi connectivity index (χ1v) is 3.51. The van der Waals surface area contributed by atoms with Crippen molar-refractivity contribution >= 4 is 0 Å². The van der Waals surface area contributed by atoms with E-state index in [0.29, 0.717) is 6.04 Å². The Balaban J connectivity index is 3.98. The first-order valence-electron chi connectivity index (χ1n) is 2.89. The number of hydrogen-bond donors (Lipinski definition) is 0. The zero-order valence-electron chi connectivity index (χ0n) is 6.13. The number of nitrogens with zero attached hydrogens (tertiary/aromatic N) is 2. The second kappa shape index (κ2) is 3.86. The molecule has 51 valence electrons. The van der Waals surface area contributed by atoms with Gasteiger partial charge in [-0.1, -0.05) is 0 Å². The van der Waals surface area contributed by atoms with Crippen LogP contribution < -0.4 is 0 Å². The molecule has 0 atom stereocenters. The third-order valence-corrected chi connectivity index (χ3v) is 1.28. The molecule has 0 unspecified atom stereocenters. The van der Waals surface area contributed by atoms with Crippen LogP contribution >= 0.6 is 0 Å². The molecule has 0 saturated carbocycles. The van der Waals surface area contributed by atoms with E-state index in [4.69, 9.17) is 0 Å². The predicted octanol–water partition coefficient (Wildman–Crippen LogP) is 1.88. The first-order chi connectivity index (χ1) is 4.09. The van der Waals surface area contributed by atoms with Gasteiger partial charge in [-0.25, -0.2) is 0 Å². The molecule has 0 aliphatic heterocycles. The molecular formula is C6H12N2V. The van der Waals surface area contributed by atoms with Gasteiger partial charge in [-0.3, -0.25) is 0 Å². The molecular weight excluding hydrogens is 151 g/mol. The Labute approximate surface area is 65.7 Å².